The molecule has 0 aliphatic carbocycles. The molecule has 0 saturated heterocycles. The number of halogens is 1. The van der Waals surface area contributed by atoms with E-state index >= 15 is 0 Å². The van der Waals surface area contributed by atoms with Gasteiger partial charge < -0.3 is 5.11 Å². The predicted molar refractivity (Wildman–Crippen MR) is 112 cm³/mol. The fourth-order valence-electron chi connectivity index (χ4n) is 2.65. The summed E-state index contributed by atoms with van der Waals surface area (Å²) in [7, 11) is 0. The number of nitrogens with one attached hydrogen (secondary N) is 1. The summed E-state index contributed by atoms with van der Waals surface area (Å²) in [5, 5.41) is 27.5. The molecule has 0 atom stereocenters. The highest BCUT2D eigenvalue weighted by molar-refractivity contribution is 6.31. The van der Waals surface area contributed by atoms with Crippen molar-refractivity contribution < 1.29 is 9.90 Å². The first-order chi connectivity index (χ1) is 14.3. The van der Waals surface area contributed by atoms with Crippen molar-refractivity contribution in [2.24, 2.45) is 5.10 Å². The highest BCUT2D eigenvalue weighted by atomic mass is 35.5. The minimum absolute atomic E-state index is 0.00127. The van der Waals surface area contributed by atoms with E-state index in [-0.39, 0.29) is 22.6 Å². The van der Waals surface area contributed by atoms with Crippen LogP contribution in [0.5, 0.6) is 5.75 Å². The number of rotatable bonds is 4. The molecule has 8 nitrogen and oxygen atoms in total. The Hall–Kier alpha value is -3.96. The molecule has 0 unspecified atom stereocenters. The van der Waals surface area contributed by atoms with Crippen LogP contribution in [-0.2, 0) is 0 Å². The molecule has 0 fully saturated rings. The Morgan fingerprint density at radius 1 is 1.30 bits per heavy atom. The number of carbonyl (C=O) groups excluding carboxylic acids is 1. The summed E-state index contributed by atoms with van der Waals surface area (Å²) in [6.07, 6.45) is 1.27. The number of hydrazone groups is 1. The van der Waals surface area contributed by atoms with Crippen molar-refractivity contribution in [3.63, 3.8) is 0 Å². The van der Waals surface area contributed by atoms with Crippen molar-refractivity contribution in [3.8, 4) is 17.5 Å². The van der Waals surface area contributed by atoms with Crippen LogP contribution in [0.4, 0.5) is 0 Å². The molecule has 3 rings (SSSR count). The largest absolute Gasteiger partial charge is 0.507 e. The van der Waals surface area contributed by atoms with Gasteiger partial charge in [-0.1, -0.05) is 29.8 Å². The van der Waals surface area contributed by atoms with Crippen LogP contribution in [0.1, 0.15) is 32.7 Å². The summed E-state index contributed by atoms with van der Waals surface area (Å²) in [5.74, 6) is -0.719. The molecule has 0 radical (unpaired) electrons. The van der Waals surface area contributed by atoms with Crippen molar-refractivity contribution in [2.45, 2.75) is 13.8 Å². The molecule has 2 N–H and O–H groups in total. The summed E-state index contributed by atoms with van der Waals surface area (Å²) >= 11 is 6.14. The lowest BCUT2D eigenvalue weighted by Gasteiger charge is -2.11. The van der Waals surface area contributed by atoms with Crippen LogP contribution in [0.3, 0.4) is 0 Å². The van der Waals surface area contributed by atoms with Gasteiger partial charge in [0.05, 0.1) is 11.9 Å². The van der Waals surface area contributed by atoms with Crippen molar-refractivity contribution >= 4 is 23.7 Å². The number of phenolic OH excluding ortho intramolecular Hbond substituents is 1. The normalized spacial score (nSPS) is 10.7. The van der Waals surface area contributed by atoms with Crippen molar-refractivity contribution in [1.29, 1.82) is 5.26 Å². The molecule has 30 heavy (non-hydrogen) atoms. The van der Waals surface area contributed by atoms with E-state index in [0.717, 1.165) is 10.2 Å². The second-order valence-corrected chi connectivity index (χ2v) is 6.78. The van der Waals surface area contributed by atoms with Gasteiger partial charge in [-0.2, -0.15) is 20.1 Å². The lowest BCUT2D eigenvalue weighted by Crippen LogP contribution is -2.31. The maximum atomic E-state index is 12.7. The molecule has 9 heteroatoms. The van der Waals surface area contributed by atoms with Crippen LogP contribution in [-0.4, -0.2) is 27.0 Å². The minimum Gasteiger partial charge on any atom is -0.507 e. The third-order valence-electron chi connectivity index (χ3n) is 4.37. The molecule has 0 saturated carbocycles. The fourth-order valence-corrected chi connectivity index (χ4v) is 2.83. The maximum absolute atomic E-state index is 12.7. The van der Waals surface area contributed by atoms with Gasteiger partial charge in [0.2, 0.25) is 0 Å². The minimum atomic E-state index is -0.720. The van der Waals surface area contributed by atoms with Gasteiger partial charge in [-0.3, -0.25) is 9.59 Å². The zero-order chi connectivity index (χ0) is 21.8. The molecule has 1 amide bonds. The van der Waals surface area contributed by atoms with E-state index in [0.29, 0.717) is 16.3 Å². The molecule has 150 valence electrons. The van der Waals surface area contributed by atoms with Gasteiger partial charge in [-0.05, 0) is 43.7 Å². The summed E-state index contributed by atoms with van der Waals surface area (Å²) in [6.45, 7) is 3.26. The highest BCUT2D eigenvalue weighted by Gasteiger charge is 2.20. The van der Waals surface area contributed by atoms with E-state index in [1.54, 1.807) is 37.3 Å². The Kier molecular flexibility index (Phi) is 5.95. The van der Waals surface area contributed by atoms with Crippen LogP contribution in [0.2, 0.25) is 5.02 Å². The van der Waals surface area contributed by atoms with E-state index in [1.807, 2.05) is 6.07 Å². The fraction of sp³-hybridized carbons (Fsp3) is 0.0952. The van der Waals surface area contributed by atoms with Crippen molar-refractivity contribution in [3.05, 3.63) is 85.8 Å². The average Bonchev–Trinajstić information content (AvgIpc) is 2.72. The van der Waals surface area contributed by atoms with Gasteiger partial charge in [-0.25, -0.2) is 5.43 Å². The average molecular weight is 422 g/mol. The first kappa shape index (κ1) is 20.8. The smallest absolute Gasteiger partial charge is 0.292 e. The second kappa shape index (κ2) is 8.59. The summed E-state index contributed by atoms with van der Waals surface area (Å²) < 4.78 is 0.957. The molecule has 0 spiro atoms. The Morgan fingerprint density at radius 3 is 2.70 bits per heavy atom. The number of benzene rings is 2. The van der Waals surface area contributed by atoms with E-state index in [1.165, 1.54) is 25.3 Å². The molecule has 1 heterocycles. The van der Waals surface area contributed by atoms with Crippen LogP contribution in [0.25, 0.3) is 5.69 Å². The number of aromatic hydroxyl groups is 1. The van der Waals surface area contributed by atoms with Crippen LogP contribution in [0.15, 0.2) is 52.4 Å². The third-order valence-corrected chi connectivity index (χ3v) is 4.78. The number of aryl methyl sites for hydroxylation is 1. The first-order valence-electron chi connectivity index (χ1n) is 8.75. The van der Waals surface area contributed by atoms with E-state index < -0.39 is 11.5 Å². The maximum Gasteiger partial charge on any atom is 0.292 e. The van der Waals surface area contributed by atoms with Gasteiger partial charge >= 0.3 is 0 Å². The number of para-hydroxylation sites is 1. The molecule has 3 aromatic rings. The van der Waals surface area contributed by atoms with Crippen molar-refractivity contribution in [1.82, 2.24) is 15.2 Å². The lowest BCUT2D eigenvalue weighted by atomic mass is 10.1. The standard InChI is InChI=1S/C21H16ClN5O3/c1-12-7-8-15(9-17(12)22)27-21(30)16(10-23)13(2)19(26-27)20(29)25-24-11-14-5-3-4-6-18(14)28/h3-9,11,28H,1-2H3,(H,25,29)/b24-11+. The number of nitriles is 1. The molecule has 0 aliphatic heterocycles. The monoisotopic (exact) mass is 421 g/mol. The lowest BCUT2D eigenvalue weighted by molar-refractivity contribution is 0.0947. The molecular formula is C21H16ClN5O3. The van der Waals surface area contributed by atoms with Crippen LogP contribution in [0, 0.1) is 25.2 Å². The molecule has 1 aromatic heterocycles. The highest BCUT2D eigenvalue weighted by Crippen LogP contribution is 2.19. The second-order valence-electron chi connectivity index (χ2n) is 6.37. The summed E-state index contributed by atoms with van der Waals surface area (Å²) in [6, 6.07) is 13.1. The number of aromatic nitrogens is 2. The first-order valence-corrected chi connectivity index (χ1v) is 9.13. The van der Waals surface area contributed by atoms with Crippen LogP contribution < -0.4 is 11.0 Å². The Labute approximate surface area is 176 Å². The zero-order valence-electron chi connectivity index (χ0n) is 16.0. The van der Waals surface area contributed by atoms with Crippen LogP contribution >= 0.6 is 11.6 Å². The van der Waals surface area contributed by atoms with E-state index in [2.05, 4.69) is 15.6 Å². The Balaban J connectivity index is 2.01. The van der Waals surface area contributed by atoms with E-state index in [9.17, 15) is 20.0 Å². The Bertz CT molecular complexity index is 1270. The molecular weight excluding hydrogens is 406 g/mol. The SMILES string of the molecule is Cc1ccc(-n2nc(C(=O)N/N=C/c3ccccc3O)c(C)c(C#N)c2=O)cc1Cl. The predicted octanol–water partition coefficient (Wildman–Crippen LogP) is 2.84. The Morgan fingerprint density at radius 2 is 2.03 bits per heavy atom. The third kappa shape index (κ3) is 4.06. The molecule has 0 aliphatic rings. The quantitative estimate of drug-likeness (QED) is 0.495. The zero-order valence-corrected chi connectivity index (χ0v) is 16.8. The van der Waals surface area contributed by atoms with E-state index in [4.69, 9.17) is 11.6 Å². The number of hydrogen-bond acceptors (Lipinski definition) is 6. The van der Waals surface area contributed by atoms with Gasteiger partial charge in [-0.15, -0.1) is 0 Å². The summed E-state index contributed by atoms with van der Waals surface area (Å²) in [4.78, 5) is 25.3. The number of nitrogens with zero attached hydrogens (tertiary/aromatic N) is 4. The molecule has 0 bridgehead atoms. The number of amides is 1. The van der Waals surface area contributed by atoms with Gasteiger partial charge in [0.25, 0.3) is 11.5 Å². The van der Waals surface area contributed by atoms with Gasteiger partial charge in [0.1, 0.15) is 17.4 Å². The van der Waals surface area contributed by atoms with Crippen molar-refractivity contribution in [2.75, 3.05) is 0 Å². The van der Waals surface area contributed by atoms with Gasteiger partial charge in [0, 0.05) is 16.1 Å². The van der Waals surface area contributed by atoms with Gasteiger partial charge in [0.15, 0.2) is 5.69 Å². The molecule has 2 aromatic carbocycles. The number of carbonyl (C=O) groups is 1. The number of hydrogen-bond donors (Lipinski definition) is 2. The topological polar surface area (TPSA) is 120 Å². The number of phenols is 1. The summed E-state index contributed by atoms with van der Waals surface area (Å²) in [5.41, 5.74) is 2.93.